The summed E-state index contributed by atoms with van der Waals surface area (Å²) in [4.78, 5) is 0. The van der Waals surface area contributed by atoms with Crippen molar-refractivity contribution in [3.63, 3.8) is 0 Å². The predicted molar refractivity (Wildman–Crippen MR) is 51.0 cm³/mol. The van der Waals surface area contributed by atoms with Gasteiger partial charge in [-0.15, -0.1) is 0 Å². The van der Waals surface area contributed by atoms with Gasteiger partial charge in [-0.25, -0.2) is 8.78 Å². The first-order chi connectivity index (χ1) is 7.18. The maximum Gasteiger partial charge on any atom is 0.131 e. The number of nitrogens with two attached hydrogens (primary N) is 1. The van der Waals surface area contributed by atoms with Crippen LogP contribution in [0.4, 0.5) is 8.78 Å². The van der Waals surface area contributed by atoms with Crippen LogP contribution in [0.25, 0.3) is 0 Å². The summed E-state index contributed by atoms with van der Waals surface area (Å²) < 4.78 is 26.0. The zero-order chi connectivity index (χ0) is 10.8. The van der Waals surface area contributed by atoms with Gasteiger partial charge >= 0.3 is 0 Å². The first-order valence-electron chi connectivity index (χ1n) is 4.38. The lowest BCUT2D eigenvalue weighted by atomic mass is 10.0. The highest BCUT2D eigenvalue weighted by Gasteiger charge is 2.14. The van der Waals surface area contributed by atoms with Gasteiger partial charge < -0.3 is 5.73 Å². The van der Waals surface area contributed by atoms with Crippen molar-refractivity contribution < 1.29 is 8.78 Å². The zero-order valence-electron chi connectivity index (χ0n) is 7.74. The van der Waals surface area contributed by atoms with Crippen LogP contribution in [0.1, 0.15) is 17.3 Å². The molecule has 1 aromatic heterocycles. The van der Waals surface area contributed by atoms with E-state index in [1.807, 2.05) is 0 Å². The van der Waals surface area contributed by atoms with Crippen molar-refractivity contribution in [2.24, 2.45) is 5.73 Å². The molecule has 0 fully saturated rings. The molecule has 0 radical (unpaired) electrons. The summed E-state index contributed by atoms with van der Waals surface area (Å²) in [7, 11) is 0. The minimum absolute atomic E-state index is 0.237. The summed E-state index contributed by atoms with van der Waals surface area (Å²) in [6.07, 6.45) is 1.52. The van der Waals surface area contributed by atoms with E-state index in [9.17, 15) is 8.78 Å². The maximum absolute atomic E-state index is 13.3. The van der Waals surface area contributed by atoms with E-state index in [-0.39, 0.29) is 5.56 Å². The van der Waals surface area contributed by atoms with Crippen LogP contribution in [0, 0.1) is 11.6 Å². The lowest BCUT2D eigenvalue weighted by Crippen LogP contribution is -2.14. The van der Waals surface area contributed by atoms with Gasteiger partial charge in [0.2, 0.25) is 0 Å². The number of aromatic amines is 1. The fraction of sp³-hybridized carbons (Fsp3) is 0.100. The Morgan fingerprint density at radius 3 is 2.67 bits per heavy atom. The Morgan fingerprint density at radius 2 is 2.07 bits per heavy atom. The van der Waals surface area contributed by atoms with Crippen molar-refractivity contribution in [2.75, 3.05) is 0 Å². The van der Waals surface area contributed by atoms with Crippen molar-refractivity contribution in [3.8, 4) is 0 Å². The molecule has 2 aromatic rings. The summed E-state index contributed by atoms with van der Waals surface area (Å²) in [5.74, 6) is -1.27. The first kappa shape index (κ1) is 9.79. The summed E-state index contributed by atoms with van der Waals surface area (Å²) >= 11 is 0. The number of H-pyrrole nitrogens is 1. The van der Waals surface area contributed by atoms with Crippen LogP contribution in [0.3, 0.4) is 0 Å². The van der Waals surface area contributed by atoms with Crippen molar-refractivity contribution in [3.05, 3.63) is 53.4 Å². The van der Waals surface area contributed by atoms with E-state index in [1.165, 1.54) is 18.3 Å². The van der Waals surface area contributed by atoms with Crippen LogP contribution in [0.2, 0.25) is 0 Å². The fourth-order valence-corrected chi connectivity index (χ4v) is 1.36. The molecule has 0 spiro atoms. The van der Waals surface area contributed by atoms with E-state index >= 15 is 0 Å². The molecule has 1 aromatic carbocycles. The Hall–Kier alpha value is -1.75. The molecule has 1 heterocycles. The Bertz CT molecular complexity index is 454. The van der Waals surface area contributed by atoms with Gasteiger partial charge in [0.15, 0.2) is 0 Å². The van der Waals surface area contributed by atoms with Crippen molar-refractivity contribution >= 4 is 0 Å². The SMILES string of the molecule is NC(c1ccn[nH]1)c1ccc(F)cc1F. The second-order valence-corrected chi connectivity index (χ2v) is 3.16. The number of nitrogens with one attached hydrogen (secondary N) is 1. The smallest absolute Gasteiger partial charge is 0.131 e. The third-order valence-electron chi connectivity index (χ3n) is 2.15. The topological polar surface area (TPSA) is 54.7 Å². The largest absolute Gasteiger partial charge is 0.319 e. The van der Waals surface area contributed by atoms with Gasteiger partial charge in [-0.2, -0.15) is 5.10 Å². The Labute approximate surface area is 84.9 Å². The van der Waals surface area contributed by atoms with Gasteiger partial charge in [0.1, 0.15) is 11.6 Å². The molecule has 0 aliphatic carbocycles. The summed E-state index contributed by atoms with van der Waals surface area (Å²) in [6.45, 7) is 0. The van der Waals surface area contributed by atoms with E-state index in [0.29, 0.717) is 5.69 Å². The molecule has 0 amide bonds. The van der Waals surface area contributed by atoms with Crippen LogP contribution < -0.4 is 5.73 Å². The summed E-state index contributed by atoms with van der Waals surface area (Å²) in [5, 5.41) is 6.36. The minimum Gasteiger partial charge on any atom is -0.319 e. The van der Waals surface area contributed by atoms with Gasteiger partial charge in [-0.3, -0.25) is 5.10 Å². The number of halogens is 2. The predicted octanol–water partition coefficient (Wildman–Crippen LogP) is 1.74. The lowest BCUT2D eigenvalue weighted by molar-refractivity contribution is 0.564. The average Bonchev–Trinajstić information content (AvgIpc) is 2.69. The average molecular weight is 209 g/mol. The van der Waals surface area contributed by atoms with Crippen molar-refractivity contribution in [1.82, 2.24) is 10.2 Å². The fourth-order valence-electron chi connectivity index (χ4n) is 1.36. The summed E-state index contributed by atoms with van der Waals surface area (Å²) in [6, 6.07) is 4.30. The highest BCUT2D eigenvalue weighted by atomic mass is 19.1. The second kappa shape index (κ2) is 3.78. The molecule has 0 aliphatic heterocycles. The molecule has 0 aliphatic rings. The van der Waals surface area contributed by atoms with E-state index in [0.717, 1.165) is 6.07 Å². The van der Waals surface area contributed by atoms with Crippen LogP contribution in [0.15, 0.2) is 30.5 Å². The summed E-state index contributed by atoms with van der Waals surface area (Å²) in [5.41, 5.74) is 6.60. The van der Waals surface area contributed by atoms with Crippen molar-refractivity contribution in [2.45, 2.75) is 6.04 Å². The lowest BCUT2D eigenvalue weighted by Gasteiger charge is -2.10. The number of rotatable bonds is 2. The molecular weight excluding hydrogens is 200 g/mol. The quantitative estimate of drug-likeness (QED) is 0.791. The third kappa shape index (κ3) is 1.87. The number of aromatic nitrogens is 2. The molecule has 5 heteroatoms. The van der Waals surface area contributed by atoms with Crippen LogP contribution in [-0.4, -0.2) is 10.2 Å². The second-order valence-electron chi connectivity index (χ2n) is 3.16. The normalized spacial score (nSPS) is 12.7. The molecule has 0 saturated heterocycles. The highest BCUT2D eigenvalue weighted by molar-refractivity contribution is 5.28. The molecule has 1 atom stereocenters. The van der Waals surface area contributed by atoms with Crippen LogP contribution in [-0.2, 0) is 0 Å². The van der Waals surface area contributed by atoms with Gasteiger partial charge in [-0.1, -0.05) is 6.07 Å². The van der Waals surface area contributed by atoms with Gasteiger partial charge in [-0.05, 0) is 12.1 Å². The molecule has 15 heavy (non-hydrogen) atoms. The molecule has 3 N–H and O–H groups in total. The molecule has 0 saturated carbocycles. The molecule has 0 bridgehead atoms. The number of hydrogen-bond donors (Lipinski definition) is 2. The monoisotopic (exact) mass is 209 g/mol. The van der Waals surface area contributed by atoms with Gasteiger partial charge in [0.05, 0.1) is 11.7 Å². The Balaban J connectivity index is 2.38. The number of hydrogen-bond acceptors (Lipinski definition) is 2. The molecule has 1 unspecified atom stereocenters. The van der Waals surface area contributed by atoms with E-state index in [2.05, 4.69) is 10.2 Å². The van der Waals surface area contributed by atoms with Crippen LogP contribution >= 0.6 is 0 Å². The van der Waals surface area contributed by atoms with Crippen LogP contribution in [0.5, 0.6) is 0 Å². The standard InChI is InChI=1S/C10H9F2N3/c11-6-1-2-7(8(12)5-6)10(13)9-3-4-14-15-9/h1-5,10H,13H2,(H,14,15). The molecule has 78 valence electrons. The highest BCUT2D eigenvalue weighted by Crippen LogP contribution is 2.20. The Morgan fingerprint density at radius 1 is 1.27 bits per heavy atom. The minimum atomic E-state index is -0.659. The first-order valence-corrected chi connectivity index (χ1v) is 4.38. The van der Waals surface area contributed by atoms with E-state index < -0.39 is 17.7 Å². The molecule has 3 nitrogen and oxygen atoms in total. The Kier molecular flexibility index (Phi) is 2.47. The number of benzene rings is 1. The number of nitrogens with zero attached hydrogens (tertiary/aromatic N) is 1. The third-order valence-corrected chi connectivity index (χ3v) is 2.15. The van der Waals surface area contributed by atoms with Gasteiger partial charge in [0.25, 0.3) is 0 Å². The molecule has 2 rings (SSSR count). The van der Waals surface area contributed by atoms with Gasteiger partial charge in [0, 0.05) is 17.8 Å². The van der Waals surface area contributed by atoms with E-state index in [1.54, 1.807) is 6.07 Å². The molecular formula is C10H9F2N3. The van der Waals surface area contributed by atoms with Crippen molar-refractivity contribution in [1.29, 1.82) is 0 Å². The van der Waals surface area contributed by atoms with E-state index in [4.69, 9.17) is 5.73 Å². The zero-order valence-corrected chi connectivity index (χ0v) is 7.74. The maximum atomic E-state index is 13.3.